The highest BCUT2D eigenvalue weighted by atomic mass is 14.7. The van der Waals surface area contributed by atoms with Gasteiger partial charge in [0.1, 0.15) is 0 Å². The van der Waals surface area contributed by atoms with Gasteiger partial charge in [0.2, 0.25) is 0 Å². The van der Waals surface area contributed by atoms with Crippen molar-refractivity contribution in [1.29, 1.82) is 5.26 Å². The maximum Gasteiger partial charge on any atom is 0.0702 e. The van der Waals surface area contributed by atoms with Gasteiger partial charge in [0, 0.05) is 17.0 Å². The van der Waals surface area contributed by atoms with E-state index in [1.165, 1.54) is 0 Å². The highest BCUT2D eigenvalue weighted by molar-refractivity contribution is 5.79. The van der Waals surface area contributed by atoms with E-state index in [2.05, 4.69) is 37.0 Å². The van der Waals surface area contributed by atoms with Crippen LogP contribution in [0.4, 0.5) is 0 Å². The fraction of sp³-hybridized carbons (Fsp3) is 0.375. The summed E-state index contributed by atoms with van der Waals surface area (Å²) in [5, 5.41) is 10.5. The quantitative estimate of drug-likeness (QED) is 0.791. The van der Waals surface area contributed by atoms with Gasteiger partial charge in [0.05, 0.1) is 17.0 Å². The van der Waals surface area contributed by atoms with Gasteiger partial charge in [-0.25, -0.2) is 0 Å². The largest absolute Gasteiger partial charge is 0.256 e. The second-order valence-corrected chi connectivity index (χ2v) is 5.78. The van der Waals surface area contributed by atoms with Crippen molar-refractivity contribution < 1.29 is 0 Å². The van der Waals surface area contributed by atoms with Crippen molar-refractivity contribution in [3.8, 4) is 6.07 Å². The summed E-state index contributed by atoms with van der Waals surface area (Å²) in [7, 11) is 0. The van der Waals surface area contributed by atoms with Crippen LogP contribution >= 0.6 is 0 Å². The van der Waals surface area contributed by atoms with E-state index in [1.807, 2.05) is 38.2 Å². The molecule has 1 aromatic heterocycles. The molecule has 0 saturated heterocycles. The molecular formula is C16H18N2. The van der Waals surface area contributed by atoms with Gasteiger partial charge in [0.25, 0.3) is 0 Å². The van der Waals surface area contributed by atoms with Crippen molar-refractivity contribution in [2.75, 3.05) is 0 Å². The van der Waals surface area contributed by atoms with Gasteiger partial charge in [-0.1, -0.05) is 32.0 Å². The Hall–Kier alpha value is -1.88. The molecular weight excluding hydrogens is 220 g/mol. The molecule has 2 aromatic rings. The first-order chi connectivity index (χ1) is 8.38. The smallest absolute Gasteiger partial charge is 0.0702 e. The Morgan fingerprint density at radius 1 is 1.11 bits per heavy atom. The van der Waals surface area contributed by atoms with E-state index < -0.39 is 5.41 Å². The number of benzene rings is 1. The number of fused-ring (bicyclic) bond motifs is 1. The van der Waals surface area contributed by atoms with Crippen LogP contribution in [0.15, 0.2) is 36.5 Å². The number of hydrogen-bond acceptors (Lipinski definition) is 2. The predicted molar refractivity (Wildman–Crippen MR) is 74.2 cm³/mol. The number of aromatic nitrogens is 1. The molecule has 0 fully saturated rings. The topological polar surface area (TPSA) is 36.7 Å². The normalized spacial score (nSPS) is 12.4. The lowest BCUT2D eigenvalue weighted by atomic mass is 9.65. The summed E-state index contributed by atoms with van der Waals surface area (Å²) in [6.45, 7) is 8.15. The van der Waals surface area contributed by atoms with Crippen molar-refractivity contribution >= 4 is 10.9 Å². The maximum absolute atomic E-state index is 9.33. The molecule has 2 rings (SSSR count). The van der Waals surface area contributed by atoms with Crippen LogP contribution < -0.4 is 0 Å². The number of para-hydroxylation sites is 1. The first-order valence-electron chi connectivity index (χ1n) is 6.15. The molecule has 18 heavy (non-hydrogen) atoms. The summed E-state index contributed by atoms with van der Waals surface area (Å²) in [4.78, 5) is 4.49. The summed E-state index contributed by atoms with van der Waals surface area (Å²) in [6.07, 6.45) is 1.89. The summed E-state index contributed by atoms with van der Waals surface area (Å²) in [6, 6.07) is 12.6. The molecule has 0 unspecified atom stereocenters. The summed E-state index contributed by atoms with van der Waals surface area (Å²) >= 11 is 0. The highest BCUT2D eigenvalue weighted by Gasteiger charge is 2.38. The standard InChI is InChI=1S/C16H18N2/c1-15(2,11-17)16(3,4)13-9-12-7-5-6-8-14(12)18-10-13/h5-10H,1-4H3. The van der Waals surface area contributed by atoms with Crippen molar-refractivity contribution in [1.82, 2.24) is 4.98 Å². The van der Waals surface area contributed by atoms with Crippen molar-refractivity contribution in [3.63, 3.8) is 0 Å². The lowest BCUT2D eigenvalue weighted by molar-refractivity contribution is 0.277. The third-order valence-corrected chi connectivity index (χ3v) is 4.15. The molecule has 0 atom stereocenters. The van der Waals surface area contributed by atoms with Crippen LogP contribution in [0, 0.1) is 16.7 Å². The van der Waals surface area contributed by atoms with Crippen molar-refractivity contribution in [2.24, 2.45) is 5.41 Å². The molecule has 1 heterocycles. The number of nitriles is 1. The van der Waals surface area contributed by atoms with Gasteiger partial charge in [-0.05, 0) is 31.5 Å². The van der Waals surface area contributed by atoms with Crippen LogP contribution in [-0.4, -0.2) is 4.98 Å². The average molecular weight is 238 g/mol. The SMILES string of the molecule is CC(C)(C#N)C(C)(C)c1cnc2ccccc2c1. The van der Waals surface area contributed by atoms with Crippen molar-refractivity contribution in [3.05, 3.63) is 42.1 Å². The highest BCUT2D eigenvalue weighted by Crippen LogP contribution is 2.41. The molecule has 0 aliphatic heterocycles. The minimum Gasteiger partial charge on any atom is -0.256 e. The molecule has 0 aliphatic rings. The fourth-order valence-corrected chi connectivity index (χ4v) is 1.91. The van der Waals surface area contributed by atoms with E-state index in [0.717, 1.165) is 16.5 Å². The van der Waals surface area contributed by atoms with Gasteiger partial charge in [-0.3, -0.25) is 4.98 Å². The van der Waals surface area contributed by atoms with Gasteiger partial charge in [-0.2, -0.15) is 5.26 Å². The first kappa shape index (κ1) is 12.6. The number of rotatable bonds is 2. The van der Waals surface area contributed by atoms with E-state index in [0.29, 0.717) is 0 Å². The van der Waals surface area contributed by atoms with Crippen LogP contribution in [-0.2, 0) is 5.41 Å². The van der Waals surface area contributed by atoms with Crippen molar-refractivity contribution in [2.45, 2.75) is 33.1 Å². The lowest BCUT2D eigenvalue weighted by Crippen LogP contribution is -2.35. The molecule has 1 aromatic carbocycles. The molecule has 92 valence electrons. The molecule has 0 radical (unpaired) electrons. The molecule has 0 amide bonds. The number of hydrogen-bond donors (Lipinski definition) is 0. The minimum absolute atomic E-state index is 0.237. The molecule has 0 aliphatic carbocycles. The van der Waals surface area contributed by atoms with E-state index >= 15 is 0 Å². The zero-order chi connectivity index (χ0) is 13.4. The van der Waals surface area contributed by atoms with Crippen LogP contribution in [0.1, 0.15) is 33.3 Å². The van der Waals surface area contributed by atoms with Gasteiger partial charge in [-0.15, -0.1) is 0 Å². The minimum atomic E-state index is -0.433. The van der Waals surface area contributed by atoms with Crippen LogP contribution in [0.5, 0.6) is 0 Å². The van der Waals surface area contributed by atoms with E-state index in [-0.39, 0.29) is 5.41 Å². The molecule has 0 spiro atoms. The molecule has 2 nitrogen and oxygen atoms in total. The molecule has 0 N–H and O–H groups in total. The van der Waals surface area contributed by atoms with E-state index in [4.69, 9.17) is 0 Å². The maximum atomic E-state index is 9.33. The Balaban J connectivity index is 2.58. The van der Waals surface area contributed by atoms with Gasteiger partial charge in [0.15, 0.2) is 0 Å². The second-order valence-electron chi connectivity index (χ2n) is 5.78. The Kier molecular flexibility index (Phi) is 2.86. The van der Waals surface area contributed by atoms with Crippen LogP contribution in [0.3, 0.4) is 0 Å². The zero-order valence-corrected chi connectivity index (χ0v) is 11.4. The van der Waals surface area contributed by atoms with Gasteiger partial charge < -0.3 is 0 Å². The predicted octanol–water partition coefficient (Wildman–Crippen LogP) is 4.06. The first-order valence-corrected chi connectivity index (χ1v) is 6.15. The van der Waals surface area contributed by atoms with E-state index in [1.54, 1.807) is 0 Å². The second kappa shape index (κ2) is 4.10. The molecule has 2 heteroatoms. The third-order valence-electron chi connectivity index (χ3n) is 4.15. The molecule has 0 saturated carbocycles. The van der Waals surface area contributed by atoms with Crippen LogP contribution in [0.2, 0.25) is 0 Å². The summed E-state index contributed by atoms with van der Waals surface area (Å²) in [5.74, 6) is 0. The van der Waals surface area contributed by atoms with E-state index in [9.17, 15) is 5.26 Å². The monoisotopic (exact) mass is 238 g/mol. The third kappa shape index (κ3) is 1.86. The average Bonchev–Trinajstić information content (AvgIpc) is 2.37. The Morgan fingerprint density at radius 3 is 2.44 bits per heavy atom. The molecule has 0 bridgehead atoms. The summed E-state index contributed by atoms with van der Waals surface area (Å²) in [5.41, 5.74) is 1.43. The Morgan fingerprint density at radius 2 is 1.78 bits per heavy atom. The Bertz CT molecular complexity index is 618. The van der Waals surface area contributed by atoms with Crippen LogP contribution in [0.25, 0.3) is 10.9 Å². The summed E-state index contributed by atoms with van der Waals surface area (Å²) < 4.78 is 0. The zero-order valence-electron chi connectivity index (χ0n) is 11.4. The lowest BCUT2D eigenvalue weighted by Gasteiger charge is -2.36. The Labute approximate surface area is 108 Å². The number of pyridine rings is 1. The van der Waals surface area contributed by atoms with Gasteiger partial charge >= 0.3 is 0 Å². The number of nitrogens with zero attached hydrogens (tertiary/aromatic N) is 2. The fourth-order valence-electron chi connectivity index (χ4n) is 1.91.